The monoisotopic (exact) mass is 339 g/mol. The number of aromatic nitrogens is 3. The first kappa shape index (κ1) is 14.4. The van der Waals surface area contributed by atoms with Crippen molar-refractivity contribution in [1.29, 1.82) is 0 Å². The van der Waals surface area contributed by atoms with Gasteiger partial charge in [0, 0.05) is 16.7 Å². The summed E-state index contributed by atoms with van der Waals surface area (Å²) < 4.78 is 5.81. The van der Waals surface area contributed by atoms with Crippen molar-refractivity contribution in [3.05, 3.63) is 59.6 Å². The van der Waals surface area contributed by atoms with E-state index in [2.05, 4.69) is 21.0 Å². The molecule has 3 heterocycles. The molecule has 0 atom stereocenters. The molecule has 4 nitrogen and oxygen atoms in total. The Morgan fingerprint density at radius 2 is 2.00 bits per heavy atom. The number of hydrogen-bond acceptors (Lipinski definition) is 6. The molecular formula is C17H13N3OS2. The van der Waals surface area contributed by atoms with Crippen LogP contribution in [0.2, 0.25) is 0 Å². The molecule has 0 unspecified atom stereocenters. The van der Waals surface area contributed by atoms with Gasteiger partial charge in [-0.1, -0.05) is 30.0 Å². The smallest absolute Gasteiger partial charge is 0.226 e. The number of benzene rings is 1. The van der Waals surface area contributed by atoms with Crippen molar-refractivity contribution in [3.8, 4) is 11.5 Å². The van der Waals surface area contributed by atoms with E-state index in [9.17, 15) is 0 Å². The largest absolute Gasteiger partial charge is 0.441 e. The Kier molecular flexibility index (Phi) is 3.85. The number of fused-ring (bicyclic) bond motifs is 1. The fourth-order valence-corrected chi connectivity index (χ4v) is 4.07. The van der Waals surface area contributed by atoms with Gasteiger partial charge in [0.25, 0.3) is 0 Å². The lowest BCUT2D eigenvalue weighted by molar-refractivity contribution is 0.540. The maximum absolute atomic E-state index is 5.81. The lowest BCUT2D eigenvalue weighted by atomic mass is 10.2. The van der Waals surface area contributed by atoms with Crippen LogP contribution in [0.1, 0.15) is 11.5 Å². The first-order chi connectivity index (χ1) is 11.3. The fourth-order valence-electron chi connectivity index (χ4n) is 2.29. The number of aryl methyl sites for hydroxylation is 1. The van der Waals surface area contributed by atoms with E-state index in [1.54, 1.807) is 29.4 Å². The highest BCUT2D eigenvalue weighted by atomic mass is 32.2. The molecule has 0 saturated heterocycles. The third-order valence-electron chi connectivity index (χ3n) is 3.48. The lowest BCUT2D eigenvalue weighted by Crippen LogP contribution is -1.87. The van der Waals surface area contributed by atoms with Crippen LogP contribution in [0.15, 0.2) is 57.5 Å². The molecular weight excluding hydrogens is 326 g/mol. The first-order valence-corrected chi connectivity index (χ1v) is 9.00. The maximum Gasteiger partial charge on any atom is 0.226 e. The molecule has 0 fully saturated rings. The van der Waals surface area contributed by atoms with Gasteiger partial charge in [-0.3, -0.25) is 0 Å². The average Bonchev–Trinajstić information content (AvgIpc) is 3.20. The van der Waals surface area contributed by atoms with E-state index in [1.807, 2.05) is 42.6 Å². The molecule has 0 amide bonds. The summed E-state index contributed by atoms with van der Waals surface area (Å²) in [4.78, 5) is 14.3. The van der Waals surface area contributed by atoms with Gasteiger partial charge in [0.15, 0.2) is 0 Å². The molecule has 0 aliphatic carbocycles. The van der Waals surface area contributed by atoms with Crippen LogP contribution in [0, 0.1) is 6.92 Å². The molecule has 4 rings (SSSR count). The van der Waals surface area contributed by atoms with Crippen molar-refractivity contribution >= 4 is 33.3 Å². The molecule has 4 aromatic rings. The standard InChI is InChI=1S/C17H13N3OS2/c1-11-14(20-15(21-11)12-5-3-2-4-6-12)9-23-17-13-7-8-22-16(13)18-10-19-17/h2-8,10H,9H2,1H3. The van der Waals surface area contributed by atoms with Crippen molar-refractivity contribution < 1.29 is 4.42 Å². The summed E-state index contributed by atoms with van der Waals surface area (Å²) in [5, 5.41) is 4.13. The minimum Gasteiger partial charge on any atom is -0.441 e. The van der Waals surface area contributed by atoms with Crippen molar-refractivity contribution in [2.45, 2.75) is 17.7 Å². The molecule has 1 aromatic carbocycles. The Bertz CT molecular complexity index is 947. The van der Waals surface area contributed by atoms with E-state index in [0.29, 0.717) is 5.89 Å². The Labute approximate surface area is 141 Å². The zero-order chi connectivity index (χ0) is 15.6. The van der Waals surface area contributed by atoms with Gasteiger partial charge in [-0.15, -0.1) is 11.3 Å². The molecule has 0 aliphatic rings. The van der Waals surface area contributed by atoms with Crippen LogP contribution in [0.4, 0.5) is 0 Å². The average molecular weight is 339 g/mol. The molecule has 0 N–H and O–H groups in total. The SMILES string of the molecule is Cc1oc(-c2ccccc2)nc1CSc1ncnc2sccc12. The molecule has 0 spiro atoms. The van der Waals surface area contributed by atoms with Gasteiger partial charge in [-0.05, 0) is 30.5 Å². The minimum absolute atomic E-state index is 0.669. The molecule has 0 bridgehead atoms. The van der Waals surface area contributed by atoms with Crippen LogP contribution in [0.3, 0.4) is 0 Å². The molecule has 3 aromatic heterocycles. The van der Waals surface area contributed by atoms with Crippen LogP contribution in [0.25, 0.3) is 21.7 Å². The van der Waals surface area contributed by atoms with Crippen LogP contribution < -0.4 is 0 Å². The van der Waals surface area contributed by atoms with E-state index in [4.69, 9.17) is 4.42 Å². The first-order valence-electron chi connectivity index (χ1n) is 7.14. The quantitative estimate of drug-likeness (QED) is 0.389. The normalized spacial score (nSPS) is 11.2. The number of thiophene rings is 1. The van der Waals surface area contributed by atoms with Gasteiger partial charge in [0.05, 0.1) is 5.69 Å². The molecule has 0 radical (unpaired) electrons. The Balaban J connectivity index is 1.58. The third-order valence-corrected chi connectivity index (χ3v) is 5.32. The predicted octanol–water partition coefficient (Wildman–Crippen LogP) is 4.95. The highest BCUT2D eigenvalue weighted by molar-refractivity contribution is 7.98. The van der Waals surface area contributed by atoms with Crippen LogP contribution >= 0.6 is 23.1 Å². The lowest BCUT2D eigenvalue weighted by Gasteiger charge is -2.00. The summed E-state index contributed by atoms with van der Waals surface area (Å²) in [6.45, 7) is 1.95. The van der Waals surface area contributed by atoms with Gasteiger partial charge in [0.2, 0.25) is 5.89 Å². The summed E-state index contributed by atoms with van der Waals surface area (Å²) in [6.07, 6.45) is 1.62. The Hall–Kier alpha value is -2.18. The second-order valence-corrected chi connectivity index (χ2v) is 6.85. The van der Waals surface area contributed by atoms with Gasteiger partial charge in [0.1, 0.15) is 21.9 Å². The highest BCUT2D eigenvalue weighted by Gasteiger charge is 2.13. The Morgan fingerprint density at radius 3 is 2.87 bits per heavy atom. The maximum atomic E-state index is 5.81. The number of thioether (sulfide) groups is 1. The molecule has 6 heteroatoms. The fraction of sp³-hybridized carbons (Fsp3) is 0.118. The topological polar surface area (TPSA) is 51.8 Å². The van der Waals surface area contributed by atoms with Crippen molar-refractivity contribution in [1.82, 2.24) is 15.0 Å². The number of hydrogen-bond donors (Lipinski definition) is 0. The predicted molar refractivity (Wildman–Crippen MR) is 93.7 cm³/mol. The van der Waals surface area contributed by atoms with E-state index < -0.39 is 0 Å². The second kappa shape index (κ2) is 6.14. The number of nitrogens with zero attached hydrogens (tertiary/aromatic N) is 3. The number of oxazole rings is 1. The second-order valence-electron chi connectivity index (χ2n) is 4.99. The van der Waals surface area contributed by atoms with E-state index in [0.717, 1.165) is 38.0 Å². The van der Waals surface area contributed by atoms with Crippen molar-refractivity contribution in [2.75, 3.05) is 0 Å². The Morgan fingerprint density at radius 1 is 1.13 bits per heavy atom. The summed E-state index contributed by atoms with van der Waals surface area (Å²) in [5.41, 5.74) is 1.95. The summed E-state index contributed by atoms with van der Waals surface area (Å²) in [7, 11) is 0. The van der Waals surface area contributed by atoms with Gasteiger partial charge in [-0.2, -0.15) is 0 Å². The summed E-state index contributed by atoms with van der Waals surface area (Å²) in [5.74, 6) is 2.25. The van der Waals surface area contributed by atoms with Crippen LogP contribution in [0.5, 0.6) is 0 Å². The third kappa shape index (κ3) is 2.87. The molecule has 0 aliphatic heterocycles. The van der Waals surface area contributed by atoms with Crippen LogP contribution in [-0.4, -0.2) is 15.0 Å². The van der Waals surface area contributed by atoms with Crippen molar-refractivity contribution in [2.24, 2.45) is 0 Å². The van der Waals surface area contributed by atoms with Gasteiger partial charge < -0.3 is 4.42 Å². The van der Waals surface area contributed by atoms with Crippen LogP contribution in [-0.2, 0) is 5.75 Å². The van der Waals surface area contributed by atoms with Gasteiger partial charge >= 0.3 is 0 Å². The van der Waals surface area contributed by atoms with E-state index >= 15 is 0 Å². The zero-order valence-corrected chi connectivity index (χ0v) is 14.0. The highest BCUT2D eigenvalue weighted by Crippen LogP contribution is 2.31. The van der Waals surface area contributed by atoms with Gasteiger partial charge in [-0.25, -0.2) is 15.0 Å². The number of rotatable bonds is 4. The van der Waals surface area contributed by atoms with Crippen molar-refractivity contribution in [3.63, 3.8) is 0 Å². The molecule has 114 valence electrons. The van der Waals surface area contributed by atoms with E-state index in [-0.39, 0.29) is 0 Å². The molecule has 23 heavy (non-hydrogen) atoms. The zero-order valence-electron chi connectivity index (χ0n) is 12.4. The summed E-state index contributed by atoms with van der Waals surface area (Å²) >= 11 is 3.29. The molecule has 0 saturated carbocycles. The minimum atomic E-state index is 0.669. The van der Waals surface area contributed by atoms with E-state index in [1.165, 1.54) is 0 Å². The summed E-state index contributed by atoms with van der Waals surface area (Å²) in [6, 6.07) is 12.0.